The molecular weight excluding hydrogens is 250 g/mol. The Balaban J connectivity index is 2.05. The van der Waals surface area contributed by atoms with Gasteiger partial charge in [0, 0.05) is 13.1 Å². The first-order valence-corrected chi connectivity index (χ1v) is 7.28. The van der Waals surface area contributed by atoms with E-state index in [9.17, 15) is 4.79 Å². The molecule has 0 saturated carbocycles. The number of carbonyl (C=O) groups excluding carboxylic acids is 1. The Hall–Kier alpha value is -1.55. The summed E-state index contributed by atoms with van der Waals surface area (Å²) in [5, 5.41) is 0. The van der Waals surface area contributed by atoms with Crippen LogP contribution in [0.15, 0.2) is 24.3 Å². The Labute approximate surface area is 121 Å². The van der Waals surface area contributed by atoms with Crippen molar-refractivity contribution in [2.45, 2.75) is 33.6 Å². The molecule has 0 aliphatic carbocycles. The van der Waals surface area contributed by atoms with Gasteiger partial charge in [-0.3, -0.25) is 10.6 Å². The van der Waals surface area contributed by atoms with Crippen LogP contribution in [-0.2, 0) is 0 Å². The summed E-state index contributed by atoms with van der Waals surface area (Å²) >= 11 is 0. The first kappa shape index (κ1) is 14.9. The van der Waals surface area contributed by atoms with E-state index in [0.29, 0.717) is 22.6 Å². The van der Waals surface area contributed by atoms with Crippen LogP contribution in [0.5, 0.6) is 0 Å². The van der Waals surface area contributed by atoms with Crippen molar-refractivity contribution in [3.8, 4) is 0 Å². The van der Waals surface area contributed by atoms with Crippen LogP contribution in [0.4, 0.5) is 5.69 Å². The van der Waals surface area contributed by atoms with Crippen LogP contribution in [-0.4, -0.2) is 23.9 Å². The van der Waals surface area contributed by atoms with Crippen LogP contribution in [0, 0.1) is 11.3 Å². The van der Waals surface area contributed by atoms with E-state index in [4.69, 9.17) is 5.84 Å². The van der Waals surface area contributed by atoms with E-state index in [1.807, 2.05) is 29.2 Å². The molecule has 20 heavy (non-hydrogen) atoms. The highest BCUT2D eigenvalue weighted by atomic mass is 16.2. The number of nitrogens with two attached hydrogens (primary N) is 1. The molecule has 1 heterocycles. The van der Waals surface area contributed by atoms with E-state index < -0.39 is 0 Å². The van der Waals surface area contributed by atoms with Crippen molar-refractivity contribution in [2.24, 2.45) is 17.2 Å². The van der Waals surface area contributed by atoms with Crippen LogP contribution >= 0.6 is 0 Å². The number of nitrogens with one attached hydrogen (secondary N) is 1. The number of hydrogen-bond donors (Lipinski definition) is 2. The van der Waals surface area contributed by atoms with E-state index in [1.165, 1.54) is 0 Å². The third kappa shape index (κ3) is 3.12. The summed E-state index contributed by atoms with van der Waals surface area (Å²) in [4.78, 5) is 14.5. The van der Waals surface area contributed by atoms with Gasteiger partial charge in [0.05, 0.1) is 11.3 Å². The fourth-order valence-electron chi connectivity index (χ4n) is 2.91. The maximum atomic E-state index is 12.6. The quantitative estimate of drug-likeness (QED) is 0.644. The van der Waals surface area contributed by atoms with E-state index in [2.05, 4.69) is 26.2 Å². The van der Waals surface area contributed by atoms with Crippen LogP contribution in [0.25, 0.3) is 0 Å². The van der Waals surface area contributed by atoms with Crippen molar-refractivity contribution in [1.82, 2.24) is 4.90 Å². The normalized spacial score (nSPS) is 17.1. The first-order chi connectivity index (χ1) is 9.43. The fourth-order valence-corrected chi connectivity index (χ4v) is 2.91. The number of anilines is 1. The molecule has 1 aliphatic heterocycles. The highest BCUT2D eigenvalue weighted by Crippen LogP contribution is 2.34. The predicted octanol–water partition coefficient (Wildman–Crippen LogP) is 2.87. The van der Waals surface area contributed by atoms with Crippen LogP contribution in [0.2, 0.25) is 0 Å². The smallest absolute Gasteiger partial charge is 0.256 e. The number of carbonyl (C=O) groups is 1. The highest BCUT2D eigenvalue weighted by Gasteiger charge is 2.31. The molecule has 110 valence electrons. The Morgan fingerprint density at radius 1 is 1.25 bits per heavy atom. The predicted molar refractivity (Wildman–Crippen MR) is 82.3 cm³/mol. The lowest BCUT2D eigenvalue weighted by atomic mass is 9.75. The lowest BCUT2D eigenvalue weighted by Gasteiger charge is -2.38. The number of likely N-dealkylation sites (tertiary alicyclic amines) is 1. The summed E-state index contributed by atoms with van der Waals surface area (Å²) in [5.74, 6) is 6.24. The van der Waals surface area contributed by atoms with Gasteiger partial charge in [-0.1, -0.05) is 32.9 Å². The molecule has 0 spiro atoms. The Morgan fingerprint density at radius 2 is 1.85 bits per heavy atom. The molecule has 4 nitrogen and oxygen atoms in total. The Morgan fingerprint density at radius 3 is 2.40 bits per heavy atom. The minimum Gasteiger partial charge on any atom is -0.339 e. The Bertz CT molecular complexity index is 471. The number of nitrogens with zero attached hydrogens (tertiary/aromatic N) is 1. The highest BCUT2D eigenvalue weighted by molar-refractivity contribution is 5.99. The summed E-state index contributed by atoms with van der Waals surface area (Å²) < 4.78 is 0. The van der Waals surface area contributed by atoms with Gasteiger partial charge in [0.2, 0.25) is 0 Å². The zero-order valence-electron chi connectivity index (χ0n) is 12.6. The molecule has 0 unspecified atom stereocenters. The molecule has 0 aromatic heterocycles. The van der Waals surface area contributed by atoms with E-state index >= 15 is 0 Å². The summed E-state index contributed by atoms with van der Waals surface area (Å²) in [6, 6.07) is 7.40. The van der Waals surface area contributed by atoms with Crippen molar-refractivity contribution < 1.29 is 4.79 Å². The van der Waals surface area contributed by atoms with Crippen LogP contribution in [0.3, 0.4) is 0 Å². The monoisotopic (exact) mass is 275 g/mol. The SMILES string of the molecule is CC(C)(C)C1CCN(C(=O)c2ccccc2NN)CC1. The topological polar surface area (TPSA) is 58.4 Å². The summed E-state index contributed by atoms with van der Waals surface area (Å²) in [5.41, 5.74) is 4.27. The number of nitrogen functional groups attached to an aromatic ring is 1. The van der Waals surface area contributed by atoms with E-state index in [-0.39, 0.29) is 5.91 Å². The molecule has 0 bridgehead atoms. The average Bonchev–Trinajstić information content (AvgIpc) is 2.45. The molecule has 2 rings (SSSR count). The zero-order chi connectivity index (χ0) is 14.8. The molecule has 1 fully saturated rings. The standard InChI is InChI=1S/C16H25N3O/c1-16(2,3)12-8-10-19(11-9-12)15(20)13-6-4-5-7-14(13)18-17/h4-7,12,18H,8-11,17H2,1-3H3. The van der Waals surface area contributed by atoms with Crippen LogP contribution in [0.1, 0.15) is 44.0 Å². The van der Waals surface area contributed by atoms with Gasteiger partial charge >= 0.3 is 0 Å². The van der Waals surface area contributed by atoms with Gasteiger partial charge in [0.15, 0.2) is 0 Å². The molecule has 1 saturated heterocycles. The van der Waals surface area contributed by atoms with Gasteiger partial charge in [0.1, 0.15) is 0 Å². The number of benzene rings is 1. The Kier molecular flexibility index (Phi) is 4.33. The summed E-state index contributed by atoms with van der Waals surface area (Å²) in [6.07, 6.45) is 2.15. The molecule has 1 amide bonds. The second-order valence-electron chi connectivity index (χ2n) is 6.62. The molecule has 0 radical (unpaired) electrons. The molecule has 0 atom stereocenters. The molecule has 4 heteroatoms. The van der Waals surface area contributed by atoms with Crippen molar-refractivity contribution in [1.29, 1.82) is 0 Å². The zero-order valence-corrected chi connectivity index (χ0v) is 12.6. The van der Waals surface area contributed by atoms with Gasteiger partial charge in [-0.2, -0.15) is 0 Å². The van der Waals surface area contributed by atoms with Gasteiger partial charge in [0.25, 0.3) is 5.91 Å². The van der Waals surface area contributed by atoms with Crippen molar-refractivity contribution in [2.75, 3.05) is 18.5 Å². The third-order valence-electron chi connectivity index (χ3n) is 4.32. The first-order valence-electron chi connectivity index (χ1n) is 7.28. The number of rotatable bonds is 2. The molecule has 3 N–H and O–H groups in total. The third-order valence-corrected chi connectivity index (χ3v) is 4.32. The number of piperidine rings is 1. The van der Waals surface area contributed by atoms with Crippen molar-refractivity contribution in [3.05, 3.63) is 29.8 Å². The summed E-state index contributed by atoms with van der Waals surface area (Å²) in [7, 11) is 0. The van der Waals surface area contributed by atoms with Crippen molar-refractivity contribution in [3.63, 3.8) is 0 Å². The molecule has 1 aromatic carbocycles. The number of para-hydroxylation sites is 1. The molecular formula is C16H25N3O. The molecule has 1 aromatic rings. The minimum atomic E-state index is 0.0749. The van der Waals surface area contributed by atoms with Gasteiger partial charge in [-0.15, -0.1) is 0 Å². The number of amides is 1. The van der Waals surface area contributed by atoms with Gasteiger partial charge in [-0.05, 0) is 36.3 Å². The van der Waals surface area contributed by atoms with Crippen LogP contribution < -0.4 is 11.3 Å². The largest absolute Gasteiger partial charge is 0.339 e. The maximum absolute atomic E-state index is 12.6. The fraction of sp³-hybridized carbons (Fsp3) is 0.562. The summed E-state index contributed by atoms with van der Waals surface area (Å²) in [6.45, 7) is 8.51. The second-order valence-corrected chi connectivity index (χ2v) is 6.62. The van der Waals surface area contributed by atoms with E-state index in [0.717, 1.165) is 25.9 Å². The molecule has 1 aliphatic rings. The lowest BCUT2D eigenvalue weighted by Crippen LogP contribution is -2.41. The van der Waals surface area contributed by atoms with E-state index in [1.54, 1.807) is 0 Å². The minimum absolute atomic E-state index is 0.0749. The van der Waals surface area contributed by atoms with Gasteiger partial charge in [-0.25, -0.2) is 0 Å². The second kappa shape index (κ2) is 5.83. The van der Waals surface area contributed by atoms with Gasteiger partial charge < -0.3 is 10.3 Å². The van der Waals surface area contributed by atoms with Crippen molar-refractivity contribution >= 4 is 11.6 Å². The number of hydrogen-bond acceptors (Lipinski definition) is 3. The number of hydrazine groups is 1. The average molecular weight is 275 g/mol. The lowest BCUT2D eigenvalue weighted by molar-refractivity contribution is 0.0609. The maximum Gasteiger partial charge on any atom is 0.256 e.